The van der Waals surface area contributed by atoms with Gasteiger partial charge in [-0.15, -0.1) is 0 Å². The van der Waals surface area contributed by atoms with Gasteiger partial charge in [-0.25, -0.2) is 13.6 Å². The van der Waals surface area contributed by atoms with Crippen LogP contribution in [0.3, 0.4) is 0 Å². The summed E-state index contributed by atoms with van der Waals surface area (Å²) in [5.74, 6) is -0.0512. The molecule has 1 heterocycles. The van der Waals surface area contributed by atoms with Gasteiger partial charge in [0.2, 0.25) is 15.9 Å². The van der Waals surface area contributed by atoms with Crippen molar-refractivity contribution in [1.29, 1.82) is 0 Å². The van der Waals surface area contributed by atoms with Crippen LogP contribution in [0.4, 0.5) is 11.4 Å². The molecule has 0 bridgehead atoms. The van der Waals surface area contributed by atoms with Crippen LogP contribution in [0.5, 0.6) is 0 Å². The molecule has 0 aliphatic carbocycles. The number of primary sulfonamides is 1. The first-order valence-corrected chi connectivity index (χ1v) is 8.31. The van der Waals surface area contributed by atoms with Crippen molar-refractivity contribution in [1.82, 2.24) is 4.90 Å². The van der Waals surface area contributed by atoms with Crippen LogP contribution in [0.15, 0.2) is 23.1 Å². The summed E-state index contributed by atoms with van der Waals surface area (Å²) < 4.78 is 23.2. The number of sulfonamides is 1. The summed E-state index contributed by atoms with van der Waals surface area (Å²) in [5.41, 5.74) is 6.17. The molecule has 0 radical (unpaired) electrons. The Hall–Kier alpha value is -1.80. The van der Waals surface area contributed by atoms with E-state index in [1.165, 1.54) is 12.1 Å². The molecule has 1 aliphatic rings. The van der Waals surface area contributed by atoms with E-state index in [4.69, 9.17) is 10.9 Å². The monoisotopic (exact) mass is 312 g/mol. The number of nitrogens with two attached hydrogens (primary N) is 2. The lowest BCUT2D eigenvalue weighted by Crippen LogP contribution is -2.39. The van der Waals surface area contributed by atoms with Crippen molar-refractivity contribution in [3.8, 4) is 0 Å². The molecule has 1 fully saturated rings. The Morgan fingerprint density at radius 3 is 2.52 bits per heavy atom. The fraction of sp³-hybridized carbons (Fsp3) is 0.462. The lowest BCUT2D eigenvalue weighted by Gasteiger charge is -2.22. The number of nitrogen functional groups attached to an aromatic ring is 1. The highest BCUT2D eigenvalue weighted by Gasteiger charge is 2.24. The molecule has 5 N–H and O–H groups in total. The first kappa shape index (κ1) is 15.6. The van der Waals surface area contributed by atoms with E-state index in [0.717, 1.165) is 25.9 Å². The largest absolute Gasteiger partial charge is 0.399 e. The van der Waals surface area contributed by atoms with Crippen molar-refractivity contribution in [3.63, 3.8) is 0 Å². The summed E-state index contributed by atoms with van der Waals surface area (Å²) in [7, 11) is -3.91. The summed E-state index contributed by atoms with van der Waals surface area (Å²) in [4.78, 5) is 13.9. The highest BCUT2D eigenvalue weighted by atomic mass is 32.2. The Morgan fingerprint density at radius 1 is 1.33 bits per heavy atom. The van der Waals surface area contributed by atoms with Crippen LogP contribution in [0.25, 0.3) is 0 Å². The van der Waals surface area contributed by atoms with Crippen LogP contribution in [-0.4, -0.2) is 38.4 Å². The third-order valence-corrected chi connectivity index (χ3v) is 4.42. The first-order chi connectivity index (χ1) is 9.79. The average Bonchev–Trinajstić information content (AvgIpc) is 2.92. The molecule has 1 aromatic carbocycles. The molecule has 1 aliphatic heterocycles. The maximum Gasteiger partial charge on any atom is 0.244 e. The molecule has 1 aromatic rings. The summed E-state index contributed by atoms with van der Waals surface area (Å²) >= 11 is 0. The van der Waals surface area contributed by atoms with E-state index in [9.17, 15) is 13.2 Å². The maximum absolute atomic E-state index is 12.2. The third kappa shape index (κ3) is 3.64. The van der Waals surface area contributed by atoms with Gasteiger partial charge in [0.1, 0.15) is 10.9 Å². The SMILES string of the molecule is CC(Nc1ccc(N)cc1S(N)(=O)=O)C(=O)N1CCCC1. The maximum atomic E-state index is 12.2. The van der Waals surface area contributed by atoms with Crippen molar-refractivity contribution in [3.05, 3.63) is 18.2 Å². The molecular weight excluding hydrogens is 292 g/mol. The molecule has 1 unspecified atom stereocenters. The minimum absolute atomic E-state index is 0.0512. The Bertz CT molecular complexity index is 639. The molecule has 7 nitrogen and oxygen atoms in total. The van der Waals surface area contributed by atoms with E-state index in [1.54, 1.807) is 17.9 Å². The number of nitrogens with zero attached hydrogens (tertiary/aromatic N) is 1. The number of carbonyl (C=O) groups is 1. The molecule has 116 valence electrons. The van der Waals surface area contributed by atoms with Crippen LogP contribution >= 0.6 is 0 Å². The smallest absolute Gasteiger partial charge is 0.244 e. The van der Waals surface area contributed by atoms with Gasteiger partial charge in [-0.05, 0) is 38.0 Å². The molecule has 8 heteroatoms. The van der Waals surface area contributed by atoms with Gasteiger partial charge in [0.15, 0.2) is 0 Å². The molecule has 0 aromatic heterocycles. The van der Waals surface area contributed by atoms with E-state index in [1.807, 2.05) is 0 Å². The molecule has 2 rings (SSSR count). The number of hydrogen-bond acceptors (Lipinski definition) is 5. The fourth-order valence-corrected chi connectivity index (χ4v) is 3.13. The molecule has 0 saturated carbocycles. The molecule has 1 atom stereocenters. The quantitative estimate of drug-likeness (QED) is 0.693. The second-order valence-corrected chi connectivity index (χ2v) is 6.73. The summed E-state index contributed by atoms with van der Waals surface area (Å²) in [6, 6.07) is 3.82. The van der Waals surface area contributed by atoms with Crippen LogP contribution in [0.1, 0.15) is 19.8 Å². The zero-order chi connectivity index (χ0) is 15.6. The zero-order valence-corrected chi connectivity index (χ0v) is 12.7. The number of rotatable bonds is 4. The van der Waals surface area contributed by atoms with Crippen LogP contribution in [0.2, 0.25) is 0 Å². The van der Waals surface area contributed by atoms with Gasteiger partial charge in [0.05, 0.1) is 5.69 Å². The van der Waals surface area contributed by atoms with E-state index < -0.39 is 16.1 Å². The second kappa shape index (κ2) is 5.90. The molecule has 1 amide bonds. The van der Waals surface area contributed by atoms with E-state index in [0.29, 0.717) is 5.69 Å². The number of nitrogens with one attached hydrogen (secondary N) is 1. The van der Waals surface area contributed by atoms with Crippen LogP contribution in [0, 0.1) is 0 Å². The number of benzene rings is 1. The van der Waals surface area contributed by atoms with Crippen molar-refractivity contribution in [2.24, 2.45) is 5.14 Å². The Labute approximate surface area is 124 Å². The summed E-state index contributed by atoms with van der Waals surface area (Å²) in [6.07, 6.45) is 2.01. The highest BCUT2D eigenvalue weighted by Crippen LogP contribution is 2.24. The molecule has 0 spiro atoms. The van der Waals surface area contributed by atoms with Gasteiger partial charge in [-0.1, -0.05) is 0 Å². The average molecular weight is 312 g/mol. The number of amides is 1. The van der Waals surface area contributed by atoms with Crippen LogP contribution < -0.4 is 16.2 Å². The fourth-order valence-electron chi connectivity index (χ4n) is 2.40. The van der Waals surface area contributed by atoms with Crippen LogP contribution in [-0.2, 0) is 14.8 Å². The molecular formula is C13H20N4O3S. The van der Waals surface area contributed by atoms with E-state index in [-0.39, 0.29) is 16.5 Å². The summed E-state index contributed by atoms with van der Waals surface area (Å²) in [5, 5.41) is 8.10. The van der Waals surface area contributed by atoms with Gasteiger partial charge >= 0.3 is 0 Å². The Balaban J connectivity index is 2.21. The Kier molecular flexibility index (Phi) is 4.38. The highest BCUT2D eigenvalue weighted by molar-refractivity contribution is 7.89. The molecule has 1 saturated heterocycles. The van der Waals surface area contributed by atoms with E-state index in [2.05, 4.69) is 5.32 Å². The van der Waals surface area contributed by atoms with Crippen molar-refractivity contribution in [2.75, 3.05) is 24.1 Å². The van der Waals surface area contributed by atoms with Crippen molar-refractivity contribution in [2.45, 2.75) is 30.7 Å². The zero-order valence-electron chi connectivity index (χ0n) is 11.9. The predicted octanol–water partition coefficient (Wildman–Crippen LogP) is 0.339. The van der Waals surface area contributed by atoms with Gasteiger partial charge < -0.3 is 16.0 Å². The van der Waals surface area contributed by atoms with E-state index >= 15 is 0 Å². The topological polar surface area (TPSA) is 119 Å². The standard InChI is InChI=1S/C13H20N4O3S/c1-9(13(18)17-6-2-3-7-17)16-11-5-4-10(14)8-12(11)21(15,19)20/h4-5,8-9,16H,2-3,6-7,14H2,1H3,(H2,15,19,20). The van der Waals surface area contributed by atoms with Gasteiger partial charge in [0, 0.05) is 18.8 Å². The van der Waals surface area contributed by atoms with Gasteiger partial charge in [0.25, 0.3) is 0 Å². The van der Waals surface area contributed by atoms with Crippen molar-refractivity contribution < 1.29 is 13.2 Å². The first-order valence-electron chi connectivity index (χ1n) is 6.76. The third-order valence-electron chi connectivity index (χ3n) is 3.47. The lowest BCUT2D eigenvalue weighted by molar-refractivity contribution is -0.130. The number of hydrogen-bond donors (Lipinski definition) is 3. The molecule has 21 heavy (non-hydrogen) atoms. The normalized spacial score (nSPS) is 16.8. The minimum atomic E-state index is -3.91. The Morgan fingerprint density at radius 2 is 1.95 bits per heavy atom. The lowest BCUT2D eigenvalue weighted by atomic mass is 10.2. The minimum Gasteiger partial charge on any atom is -0.399 e. The number of likely N-dealkylation sites (tertiary alicyclic amines) is 1. The number of carbonyl (C=O) groups excluding carboxylic acids is 1. The van der Waals surface area contributed by atoms with Gasteiger partial charge in [-0.3, -0.25) is 4.79 Å². The number of anilines is 2. The predicted molar refractivity (Wildman–Crippen MR) is 81.1 cm³/mol. The second-order valence-electron chi connectivity index (χ2n) is 5.20. The van der Waals surface area contributed by atoms with Gasteiger partial charge in [-0.2, -0.15) is 0 Å². The van der Waals surface area contributed by atoms with Crippen molar-refractivity contribution >= 4 is 27.3 Å². The summed E-state index contributed by atoms with van der Waals surface area (Å²) in [6.45, 7) is 3.19.